The van der Waals surface area contributed by atoms with E-state index in [0.29, 0.717) is 18.2 Å². The summed E-state index contributed by atoms with van der Waals surface area (Å²) in [6.07, 6.45) is 1.83. The first-order valence-electron chi connectivity index (χ1n) is 6.97. The van der Waals surface area contributed by atoms with E-state index in [1.807, 2.05) is 24.3 Å². The molecule has 2 nitrogen and oxygen atoms in total. The number of rotatable bonds is 7. The summed E-state index contributed by atoms with van der Waals surface area (Å²) in [5.74, 6) is 0.858. The molecule has 0 aliphatic rings. The Bertz CT molecular complexity index is 593. The Morgan fingerprint density at radius 1 is 1.19 bits per heavy atom. The van der Waals surface area contributed by atoms with Crippen LogP contribution in [-0.4, -0.2) is 6.54 Å². The number of halogens is 1. The topological polar surface area (TPSA) is 21.3 Å². The zero-order valence-electron chi connectivity index (χ0n) is 12.2. The molecule has 0 spiro atoms. The Morgan fingerprint density at radius 2 is 1.95 bits per heavy atom. The van der Waals surface area contributed by atoms with Gasteiger partial charge in [-0.05, 0) is 30.7 Å². The molecule has 110 valence electrons. The van der Waals surface area contributed by atoms with E-state index >= 15 is 0 Å². The zero-order valence-corrected chi connectivity index (χ0v) is 13.0. The van der Waals surface area contributed by atoms with Crippen molar-refractivity contribution in [3.05, 3.63) is 76.8 Å². The minimum Gasteiger partial charge on any atom is -0.489 e. The summed E-state index contributed by atoms with van der Waals surface area (Å²) < 4.78 is 5.92. The minimum absolute atomic E-state index is 0.552. The van der Waals surface area contributed by atoms with Gasteiger partial charge in [0.1, 0.15) is 12.4 Å². The van der Waals surface area contributed by atoms with Gasteiger partial charge in [-0.1, -0.05) is 47.5 Å². The molecule has 0 radical (unpaired) electrons. The lowest BCUT2D eigenvalue weighted by Crippen LogP contribution is -2.13. The van der Waals surface area contributed by atoms with Gasteiger partial charge in [-0.15, -0.1) is 6.58 Å². The van der Waals surface area contributed by atoms with Crippen LogP contribution in [0, 0.1) is 6.92 Å². The number of hydrogen-bond donors (Lipinski definition) is 1. The Hall–Kier alpha value is -1.77. The molecule has 0 aliphatic carbocycles. The molecular formula is C18H20ClNO. The van der Waals surface area contributed by atoms with E-state index in [0.717, 1.165) is 23.4 Å². The van der Waals surface area contributed by atoms with Gasteiger partial charge in [-0.25, -0.2) is 0 Å². The van der Waals surface area contributed by atoms with E-state index in [1.165, 1.54) is 5.56 Å². The number of nitrogens with one attached hydrogen (secondary N) is 1. The lowest BCUT2D eigenvalue weighted by atomic mass is 10.1. The number of hydrogen-bond acceptors (Lipinski definition) is 2. The van der Waals surface area contributed by atoms with Gasteiger partial charge in [-0.2, -0.15) is 0 Å². The first kappa shape index (κ1) is 15.6. The van der Waals surface area contributed by atoms with Crippen molar-refractivity contribution in [2.45, 2.75) is 20.1 Å². The quantitative estimate of drug-likeness (QED) is 0.600. The Kier molecular flexibility index (Phi) is 5.85. The molecule has 21 heavy (non-hydrogen) atoms. The second-order valence-electron chi connectivity index (χ2n) is 4.95. The van der Waals surface area contributed by atoms with Crippen molar-refractivity contribution in [1.82, 2.24) is 5.32 Å². The molecular weight excluding hydrogens is 282 g/mol. The average molecular weight is 302 g/mol. The molecule has 0 saturated carbocycles. The van der Waals surface area contributed by atoms with Crippen LogP contribution < -0.4 is 10.1 Å². The van der Waals surface area contributed by atoms with Crippen LogP contribution in [0.3, 0.4) is 0 Å². The van der Waals surface area contributed by atoms with Crippen molar-refractivity contribution in [2.24, 2.45) is 0 Å². The number of ether oxygens (including phenoxy) is 1. The highest BCUT2D eigenvalue weighted by molar-refractivity contribution is 6.30. The second-order valence-corrected chi connectivity index (χ2v) is 5.38. The molecule has 0 heterocycles. The lowest BCUT2D eigenvalue weighted by molar-refractivity contribution is 0.302. The van der Waals surface area contributed by atoms with E-state index in [4.69, 9.17) is 16.3 Å². The van der Waals surface area contributed by atoms with Crippen LogP contribution in [0.15, 0.2) is 55.1 Å². The molecule has 0 aromatic heterocycles. The lowest BCUT2D eigenvalue weighted by Gasteiger charge is -2.12. The maximum atomic E-state index is 6.06. The van der Waals surface area contributed by atoms with Crippen LogP contribution in [0.5, 0.6) is 5.75 Å². The Morgan fingerprint density at radius 3 is 2.67 bits per heavy atom. The molecule has 2 rings (SSSR count). The monoisotopic (exact) mass is 301 g/mol. The first-order valence-corrected chi connectivity index (χ1v) is 7.35. The minimum atomic E-state index is 0.552. The van der Waals surface area contributed by atoms with Crippen molar-refractivity contribution >= 4 is 11.6 Å². The largest absolute Gasteiger partial charge is 0.489 e. The SMILES string of the molecule is C=CCNCc1cc(Cl)ccc1OCc1ccc(C)cc1. The summed E-state index contributed by atoms with van der Waals surface area (Å²) in [4.78, 5) is 0. The molecule has 0 aliphatic heterocycles. The second kappa shape index (κ2) is 7.87. The van der Waals surface area contributed by atoms with Crippen molar-refractivity contribution in [3.8, 4) is 5.75 Å². The number of aryl methyl sites for hydroxylation is 1. The molecule has 0 unspecified atom stereocenters. The Balaban J connectivity index is 2.04. The fourth-order valence-electron chi connectivity index (χ4n) is 1.98. The van der Waals surface area contributed by atoms with Crippen molar-refractivity contribution < 1.29 is 4.74 Å². The third kappa shape index (κ3) is 4.92. The molecule has 2 aromatic carbocycles. The van der Waals surface area contributed by atoms with Gasteiger partial charge in [0.25, 0.3) is 0 Å². The number of benzene rings is 2. The molecule has 0 amide bonds. The van der Waals surface area contributed by atoms with Crippen LogP contribution in [0.25, 0.3) is 0 Å². The third-order valence-corrected chi connectivity index (χ3v) is 3.38. The zero-order chi connectivity index (χ0) is 15.1. The van der Waals surface area contributed by atoms with Gasteiger partial charge in [-0.3, -0.25) is 0 Å². The molecule has 0 saturated heterocycles. The Labute approximate surface area is 131 Å². The normalized spacial score (nSPS) is 10.4. The van der Waals surface area contributed by atoms with Crippen LogP contribution in [-0.2, 0) is 13.2 Å². The summed E-state index contributed by atoms with van der Waals surface area (Å²) in [6, 6.07) is 14.1. The summed E-state index contributed by atoms with van der Waals surface area (Å²) in [5.41, 5.74) is 3.46. The van der Waals surface area contributed by atoms with E-state index in [-0.39, 0.29) is 0 Å². The van der Waals surface area contributed by atoms with E-state index in [1.54, 1.807) is 0 Å². The van der Waals surface area contributed by atoms with Crippen molar-refractivity contribution in [2.75, 3.05) is 6.54 Å². The standard InChI is InChI=1S/C18H20ClNO/c1-3-10-20-12-16-11-17(19)8-9-18(16)21-13-15-6-4-14(2)5-7-15/h3-9,11,20H,1,10,12-13H2,2H3. The highest BCUT2D eigenvalue weighted by Crippen LogP contribution is 2.24. The average Bonchev–Trinajstić information content (AvgIpc) is 2.48. The molecule has 0 bridgehead atoms. The van der Waals surface area contributed by atoms with Crippen LogP contribution >= 0.6 is 11.6 Å². The molecule has 3 heteroatoms. The first-order chi connectivity index (χ1) is 10.2. The molecule has 0 fully saturated rings. The van der Waals surface area contributed by atoms with Crippen LogP contribution in [0.2, 0.25) is 5.02 Å². The van der Waals surface area contributed by atoms with E-state index in [2.05, 4.69) is 43.1 Å². The van der Waals surface area contributed by atoms with Crippen molar-refractivity contribution in [3.63, 3.8) is 0 Å². The van der Waals surface area contributed by atoms with Gasteiger partial charge < -0.3 is 10.1 Å². The van der Waals surface area contributed by atoms with Crippen LogP contribution in [0.1, 0.15) is 16.7 Å². The highest BCUT2D eigenvalue weighted by atomic mass is 35.5. The molecule has 1 N–H and O–H groups in total. The summed E-state index contributed by atoms with van der Waals surface area (Å²) in [5, 5.41) is 3.98. The smallest absolute Gasteiger partial charge is 0.124 e. The predicted molar refractivity (Wildman–Crippen MR) is 88.9 cm³/mol. The van der Waals surface area contributed by atoms with E-state index in [9.17, 15) is 0 Å². The van der Waals surface area contributed by atoms with Gasteiger partial charge in [0.2, 0.25) is 0 Å². The molecule has 2 aromatic rings. The van der Waals surface area contributed by atoms with Crippen molar-refractivity contribution in [1.29, 1.82) is 0 Å². The summed E-state index contributed by atoms with van der Waals surface area (Å²) in [7, 11) is 0. The van der Waals surface area contributed by atoms with Gasteiger partial charge >= 0.3 is 0 Å². The highest BCUT2D eigenvalue weighted by Gasteiger charge is 2.05. The maximum absolute atomic E-state index is 6.06. The predicted octanol–water partition coefficient (Wildman–Crippen LogP) is 4.50. The summed E-state index contributed by atoms with van der Waals surface area (Å²) >= 11 is 6.06. The van der Waals surface area contributed by atoms with Gasteiger partial charge in [0.15, 0.2) is 0 Å². The van der Waals surface area contributed by atoms with Crippen LogP contribution in [0.4, 0.5) is 0 Å². The van der Waals surface area contributed by atoms with Gasteiger partial charge in [0.05, 0.1) is 0 Å². The van der Waals surface area contributed by atoms with E-state index < -0.39 is 0 Å². The molecule has 0 atom stereocenters. The fraction of sp³-hybridized carbons (Fsp3) is 0.222. The maximum Gasteiger partial charge on any atom is 0.124 e. The summed E-state index contributed by atoms with van der Waals surface area (Å²) in [6.45, 7) is 7.78. The fourth-order valence-corrected chi connectivity index (χ4v) is 2.18. The third-order valence-electron chi connectivity index (χ3n) is 3.14. The van der Waals surface area contributed by atoms with Gasteiger partial charge in [0, 0.05) is 23.7 Å².